The highest BCUT2D eigenvalue weighted by Gasteiger charge is 2.79. The molecule has 4 atom stereocenters. The quantitative estimate of drug-likeness (QED) is 0.714. The maximum absolute atomic E-state index is 10.4. The average Bonchev–Trinajstić information content (AvgIpc) is 2.92. The van der Waals surface area contributed by atoms with E-state index >= 15 is 0 Å². The van der Waals surface area contributed by atoms with Crippen LogP contribution in [0.3, 0.4) is 0 Å². The number of fused-ring (bicyclic) bond motifs is 2. The topological polar surface area (TPSA) is 114 Å². The smallest absolute Gasteiger partial charge is 0.244 e. The summed E-state index contributed by atoms with van der Waals surface area (Å²) in [6, 6.07) is 18.7. The van der Waals surface area contributed by atoms with E-state index < -0.39 is 34.5 Å². The van der Waals surface area contributed by atoms with Crippen LogP contribution in [0.4, 0.5) is 0 Å². The third kappa shape index (κ3) is 2.42. The van der Waals surface area contributed by atoms with Crippen molar-refractivity contribution in [2.45, 2.75) is 32.7 Å². The van der Waals surface area contributed by atoms with Crippen molar-refractivity contribution < 1.29 is 9.47 Å². The molecule has 0 spiro atoms. The van der Waals surface area contributed by atoms with Crippen molar-refractivity contribution >= 4 is 17.5 Å². The van der Waals surface area contributed by atoms with Gasteiger partial charge in [0.05, 0.1) is 24.1 Å². The second kappa shape index (κ2) is 6.82. The Labute approximate surface area is 185 Å². The van der Waals surface area contributed by atoms with E-state index in [1.54, 1.807) is 31.2 Å². The summed E-state index contributed by atoms with van der Waals surface area (Å²) in [4.78, 5) is 0. The summed E-state index contributed by atoms with van der Waals surface area (Å²) in [6.45, 7) is 5.44. The van der Waals surface area contributed by atoms with Gasteiger partial charge in [0.1, 0.15) is 6.10 Å². The summed E-state index contributed by atoms with van der Waals surface area (Å²) in [5.74, 6) is -2.76. The van der Waals surface area contributed by atoms with E-state index in [2.05, 4.69) is 18.2 Å². The van der Waals surface area contributed by atoms with Gasteiger partial charge in [0.25, 0.3) is 0 Å². The summed E-state index contributed by atoms with van der Waals surface area (Å²) >= 11 is 6.06. The Kier molecular flexibility index (Phi) is 4.60. The molecule has 0 aliphatic carbocycles. The zero-order valence-corrected chi connectivity index (χ0v) is 18.0. The molecule has 0 amide bonds. The molecule has 154 valence electrons. The number of hydrogen-bond acceptors (Lipinski definition) is 6. The normalized spacial score (nSPS) is 30.5. The number of nitrogens with one attached hydrogen (secondary N) is 1. The molecule has 2 heterocycles. The van der Waals surface area contributed by atoms with E-state index in [0.717, 1.165) is 11.1 Å². The van der Waals surface area contributed by atoms with Gasteiger partial charge in [0, 0.05) is 10.6 Å². The summed E-state index contributed by atoms with van der Waals surface area (Å²) in [6.07, 6.45) is -1.11. The molecule has 2 fully saturated rings. The third-order valence-electron chi connectivity index (χ3n) is 6.63. The van der Waals surface area contributed by atoms with E-state index in [1.807, 2.05) is 32.0 Å². The Hall–Kier alpha value is -3.37. The predicted molar refractivity (Wildman–Crippen MR) is 113 cm³/mol. The highest BCUT2D eigenvalue weighted by atomic mass is 35.5. The number of nitriles is 3. The molecular formula is C24H19ClN4O2. The highest BCUT2D eigenvalue weighted by molar-refractivity contribution is 6.30. The van der Waals surface area contributed by atoms with Gasteiger partial charge in [-0.2, -0.15) is 15.8 Å². The first-order valence-electron chi connectivity index (χ1n) is 9.75. The molecule has 31 heavy (non-hydrogen) atoms. The maximum atomic E-state index is 10.4. The van der Waals surface area contributed by atoms with Crippen LogP contribution in [0.25, 0.3) is 0 Å². The van der Waals surface area contributed by atoms with Crippen LogP contribution in [0.5, 0.6) is 0 Å². The van der Waals surface area contributed by atoms with Gasteiger partial charge in [-0.05, 0) is 37.1 Å². The number of aryl methyl sites for hydroxylation is 2. The molecule has 6 nitrogen and oxygen atoms in total. The van der Waals surface area contributed by atoms with Crippen LogP contribution in [0.15, 0.2) is 42.5 Å². The first-order valence-corrected chi connectivity index (χ1v) is 10.1. The Morgan fingerprint density at radius 2 is 1.65 bits per heavy atom. The minimum absolute atomic E-state index is 0.437. The zero-order valence-electron chi connectivity index (χ0n) is 17.2. The Balaban J connectivity index is 2.07. The van der Waals surface area contributed by atoms with Gasteiger partial charge in [0.2, 0.25) is 17.1 Å². The standard InChI is InChI=1S/C24H19ClN4O2/c1-14-4-5-15(2)19(10-14)20-22(11-26,12-27)23(13-28)16(3)24(30-20,31-21(23)29)17-6-8-18(25)9-7-17/h4-10,16,20,29H,1-3H3. The molecule has 1 N–H and O–H groups in total. The van der Waals surface area contributed by atoms with Crippen molar-refractivity contribution in [1.82, 2.24) is 0 Å². The number of halogens is 1. The average molecular weight is 431 g/mol. The SMILES string of the molecule is Cc1ccc(C)c(C2OC3(c4ccc(Cl)cc4)OC(=N)C(C#N)(C3C)C2(C#N)C#N)c1. The van der Waals surface area contributed by atoms with Crippen LogP contribution in [-0.4, -0.2) is 5.90 Å². The summed E-state index contributed by atoms with van der Waals surface area (Å²) < 4.78 is 12.5. The lowest BCUT2D eigenvalue weighted by Gasteiger charge is -2.49. The first kappa shape index (κ1) is 20.9. The molecular weight excluding hydrogens is 412 g/mol. The molecule has 2 aliphatic heterocycles. The van der Waals surface area contributed by atoms with Crippen molar-refractivity contribution in [2.24, 2.45) is 16.7 Å². The van der Waals surface area contributed by atoms with Crippen LogP contribution in [0.2, 0.25) is 5.02 Å². The van der Waals surface area contributed by atoms with Crippen LogP contribution in [0.1, 0.15) is 35.3 Å². The van der Waals surface area contributed by atoms with Crippen molar-refractivity contribution in [1.29, 1.82) is 21.2 Å². The Bertz CT molecular complexity index is 1210. The molecule has 0 radical (unpaired) electrons. The van der Waals surface area contributed by atoms with E-state index in [9.17, 15) is 15.8 Å². The number of nitrogens with zero attached hydrogens (tertiary/aromatic N) is 3. The molecule has 7 heteroatoms. The second-order valence-corrected chi connectivity index (χ2v) is 8.57. The fraction of sp³-hybridized carbons (Fsp3) is 0.333. The second-order valence-electron chi connectivity index (χ2n) is 8.14. The van der Waals surface area contributed by atoms with Gasteiger partial charge in [-0.15, -0.1) is 0 Å². The molecule has 2 aromatic carbocycles. The van der Waals surface area contributed by atoms with Crippen LogP contribution >= 0.6 is 11.6 Å². The number of benzene rings is 2. The lowest BCUT2D eigenvalue weighted by molar-refractivity contribution is -0.288. The highest BCUT2D eigenvalue weighted by Crippen LogP contribution is 2.69. The minimum atomic E-state index is -1.98. The number of ether oxygens (including phenoxy) is 2. The molecule has 0 aromatic heterocycles. The summed E-state index contributed by atoms with van der Waals surface area (Å²) in [5, 5.41) is 40.1. The lowest BCUT2D eigenvalue weighted by atomic mass is 9.53. The predicted octanol–water partition coefficient (Wildman–Crippen LogP) is 5.07. The molecule has 2 bridgehead atoms. The van der Waals surface area contributed by atoms with Gasteiger partial charge in [0.15, 0.2) is 5.41 Å². The zero-order chi connectivity index (χ0) is 22.6. The Morgan fingerprint density at radius 3 is 2.23 bits per heavy atom. The molecule has 2 aliphatic rings. The van der Waals surface area contributed by atoms with Crippen LogP contribution in [-0.2, 0) is 15.3 Å². The largest absolute Gasteiger partial charge is 0.443 e. The fourth-order valence-electron chi connectivity index (χ4n) is 4.87. The van der Waals surface area contributed by atoms with E-state index in [1.165, 1.54) is 0 Å². The first-order chi connectivity index (χ1) is 14.7. The van der Waals surface area contributed by atoms with Gasteiger partial charge in [-0.3, -0.25) is 5.41 Å². The molecule has 0 saturated carbocycles. The monoisotopic (exact) mass is 430 g/mol. The summed E-state index contributed by atoms with van der Waals surface area (Å²) in [5.41, 5.74) is -0.900. The summed E-state index contributed by atoms with van der Waals surface area (Å²) in [7, 11) is 0. The number of rotatable bonds is 2. The fourth-order valence-corrected chi connectivity index (χ4v) is 5.00. The van der Waals surface area contributed by atoms with E-state index in [4.69, 9.17) is 26.5 Å². The third-order valence-corrected chi connectivity index (χ3v) is 6.88. The van der Waals surface area contributed by atoms with Crippen molar-refractivity contribution in [3.8, 4) is 18.2 Å². The molecule has 2 aromatic rings. The van der Waals surface area contributed by atoms with Crippen LogP contribution < -0.4 is 0 Å². The van der Waals surface area contributed by atoms with Crippen molar-refractivity contribution in [2.75, 3.05) is 0 Å². The van der Waals surface area contributed by atoms with Gasteiger partial charge >= 0.3 is 0 Å². The minimum Gasteiger partial charge on any atom is -0.443 e. The van der Waals surface area contributed by atoms with Crippen LogP contribution in [0, 0.1) is 70.0 Å². The molecule has 2 saturated heterocycles. The van der Waals surface area contributed by atoms with E-state index in [-0.39, 0.29) is 0 Å². The molecule has 4 rings (SSSR count). The van der Waals surface area contributed by atoms with Gasteiger partial charge in [-0.25, -0.2) is 0 Å². The van der Waals surface area contributed by atoms with Crippen molar-refractivity contribution in [3.63, 3.8) is 0 Å². The van der Waals surface area contributed by atoms with Gasteiger partial charge < -0.3 is 9.47 Å². The van der Waals surface area contributed by atoms with E-state index in [0.29, 0.717) is 16.1 Å². The Morgan fingerprint density at radius 1 is 1.00 bits per heavy atom. The molecule has 4 unspecified atom stereocenters. The van der Waals surface area contributed by atoms with Crippen molar-refractivity contribution in [3.05, 3.63) is 69.7 Å². The van der Waals surface area contributed by atoms with Gasteiger partial charge in [-0.1, -0.05) is 54.4 Å². The maximum Gasteiger partial charge on any atom is 0.244 e. The number of hydrogen-bond donors (Lipinski definition) is 1. The lowest BCUT2D eigenvalue weighted by Crippen LogP contribution is -2.57.